The second-order valence-electron chi connectivity index (χ2n) is 10.0. The van der Waals surface area contributed by atoms with Crippen LogP contribution in [0.2, 0.25) is 0 Å². The zero-order valence-corrected chi connectivity index (χ0v) is 22.0. The van der Waals surface area contributed by atoms with E-state index in [9.17, 15) is 9.59 Å². The summed E-state index contributed by atoms with van der Waals surface area (Å²) in [6.07, 6.45) is 15.2. The molecule has 4 heterocycles. The number of fused-ring (bicyclic) bond motifs is 1. The maximum absolute atomic E-state index is 13.1. The summed E-state index contributed by atoms with van der Waals surface area (Å²) in [5, 5.41) is 14.3. The van der Waals surface area contributed by atoms with Gasteiger partial charge in [-0.05, 0) is 38.8 Å². The van der Waals surface area contributed by atoms with E-state index in [-0.39, 0.29) is 11.8 Å². The Morgan fingerprint density at radius 3 is 2.63 bits per heavy atom. The Bertz CT molecular complexity index is 1450. The van der Waals surface area contributed by atoms with Crippen molar-refractivity contribution in [3.63, 3.8) is 0 Å². The average molecular weight is 516 g/mol. The lowest BCUT2D eigenvalue weighted by Gasteiger charge is -2.20. The highest BCUT2D eigenvalue weighted by molar-refractivity contribution is 6.09. The van der Waals surface area contributed by atoms with Crippen LogP contribution in [0.25, 0.3) is 16.8 Å². The van der Waals surface area contributed by atoms with Crippen LogP contribution in [0, 0.1) is 12.8 Å². The van der Waals surface area contributed by atoms with Crippen LogP contribution in [0.5, 0.6) is 0 Å². The Kier molecular flexibility index (Phi) is 7.45. The second kappa shape index (κ2) is 11.1. The van der Waals surface area contributed by atoms with Crippen LogP contribution in [0.15, 0.2) is 43.2 Å². The molecular weight excluding hydrogens is 482 g/mol. The summed E-state index contributed by atoms with van der Waals surface area (Å²) in [5.74, 6) is 0.201. The number of aromatic nitrogens is 6. The number of hydrogen-bond acceptors (Lipinski definition) is 7. The lowest BCUT2D eigenvalue weighted by Crippen LogP contribution is -2.35. The van der Waals surface area contributed by atoms with E-state index in [1.807, 2.05) is 13.2 Å². The molecule has 38 heavy (non-hydrogen) atoms. The fourth-order valence-electron chi connectivity index (χ4n) is 4.92. The third-order valence-electron chi connectivity index (χ3n) is 7.07. The predicted molar refractivity (Wildman–Crippen MR) is 144 cm³/mol. The standard InChI is InChI=1S/C27H33N9O2/c1-18-23(10-20(11-29-18)26(37)28-8-9-34(2)15-19-6-4-5-7-19)33-27(38)22-13-32-36-17-24(30-14-25(22)36)21-12-31-35(3)16-21/h10-14,16-17,19H,4-9,15H2,1-3H3,(H,28,37)(H,33,38). The van der Waals surface area contributed by atoms with Crippen molar-refractivity contribution in [3.05, 3.63) is 60.1 Å². The summed E-state index contributed by atoms with van der Waals surface area (Å²) < 4.78 is 3.31. The topological polar surface area (TPSA) is 122 Å². The summed E-state index contributed by atoms with van der Waals surface area (Å²) in [6, 6.07) is 1.66. The van der Waals surface area contributed by atoms with Crippen molar-refractivity contribution in [2.45, 2.75) is 32.6 Å². The van der Waals surface area contributed by atoms with Crippen LogP contribution in [0.1, 0.15) is 52.1 Å². The molecule has 0 atom stereocenters. The van der Waals surface area contributed by atoms with E-state index >= 15 is 0 Å². The van der Waals surface area contributed by atoms with Gasteiger partial charge in [-0.2, -0.15) is 10.2 Å². The zero-order chi connectivity index (χ0) is 26.6. The number of carbonyl (C=O) groups is 2. The minimum atomic E-state index is -0.355. The molecular formula is C27H33N9O2. The molecule has 4 aromatic heterocycles. The van der Waals surface area contributed by atoms with Crippen LogP contribution in [0.3, 0.4) is 0 Å². The number of nitrogens with one attached hydrogen (secondary N) is 2. The fourth-order valence-corrected chi connectivity index (χ4v) is 4.92. The number of aryl methyl sites for hydroxylation is 2. The number of anilines is 1. The molecule has 0 spiro atoms. The number of hydrogen-bond donors (Lipinski definition) is 2. The zero-order valence-electron chi connectivity index (χ0n) is 22.0. The van der Waals surface area contributed by atoms with E-state index in [1.165, 1.54) is 38.1 Å². The summed E-state index contributed by atoms with van der Waals surface area (Å²) in [4.78, 5) is 37.0. The minimum absolute atomic E-state index is 0.217. The van der Waals surface area contributed by atoms with Crippen molar-refractivity contribution in [2.75, 3.05) is 32.0 Å². The largest absolute Gasteiger partial charge is 0.351 e. The lowest BCUT2D eigenvalue weighted by molar-refractivity contribution is 0.0947. The minimum Gasteiger partial charge on any atom is -0.351 e. The van der Waals surface area contributed by atoms with Gasteiger partial charge < -0.3 is 15.5 Å². The van der Waals surface area contributed by atoms with E-state index in [0.29, 0.717) is 40.3 Å². The molecule has 2 amide bonds. The highest BCUT2D eigenvalue weighted by Crippen LogP contribution is 2.25. The molecule has 0 aliphatic heterocycles. The summed E-state index contributed by atoms with van der Waals surface area (Å²) in [7, 11) is 3.94. The highest BCUT2D eigenvalue weighted by Gasteiger charge is 2.18. The van der Waals surface area contributed by atoms with Crippen LogP contribution in [-0.4, -0.2) is 72.8 Å². The van der Waals surface area contributed by atoms with Crippen LogP contribution >= 0.6 is 0 Å². The maximum atomic E-state index is 13.1. The molecule has 198 valence electrons. The molecule has 1 aliphatic carbocycles. The van der Waals surface area contributed by atoms with Gasteiger partial charge in [-0.15, -0.1) is 0 Å². The summed E-state index contributed by atoms with van der Waals surface area (Å²) >= 11 is 0. The van der Waals surface area contributed by atoms with E-state index in [1.54, 1.807) is 40.8 Å². The van der Waals surface area contributed by atoms with Crippen LogP contribution < -0.4 is 10.6 Å². The summed E-state index contributed by atoms with van der Waals surface area (Å²) in [5.41, 5.74) is 3.97. The van der Waals surface area contributed by atoms with E-state index < -0.39 is 0 Å². The number of amides is 2. The third kappa shape index (κ3) is 5.72. The smallest absolute Gasteiger partial charge is 0.259 e. The van der Waals surface area contributed by atoms with E-state index in [4.69, 9.17) is 0 Å². The Morgan fingerprint density at radius 1 is 1.05 bits per heavy atom. The van der Waals surface area contributed by atoms with Crippen LogP contribution in [0.4, 0.5) is 5.69 Å². The van der Waals surface area contributed by atoms with E-state index in [2.05, 4.69) is 42.7 Å². The number of carbonyl (C=O) groups excluding carboxylic acids is 2. The van der Waals surface area contributed by atoms with Crippen molar-refractivity contribution in [1.82, 2.24) is 39.6 Å². The van der Waals surface area contributed by atoms with Gasteiger partial charge in [-0.3, -0.25) is 24.2 Å². The fraction of sp³-hybridized carbons (Fsp3) is 0.407. The molecule has 4 aromatic rings. The van der Waals surface area contributed by atoms with Crippen molar-refractivity contribution >= 4 is 23.0 Å². The van der Waals surface area contributed by atoms with Gasteiger partial charge >= 0.3 is 0 Å². The van der Waals surface area contributed by atoms with Crippen molar-refractivity contribution in [1.29, 1.82) is 0 Å². The van der Waals surface area contributed by atoms with Crippen LogP contribution in [-0.2, 0) is 7.05 Å². The first kappa shape index (κ1) is 25.5. The quantitative estimate of drug-likeness (QED) is 0.351. The number of nitrogens with zero attached hydrogens (tertiary/aromatic N) is 7. The van der Waals surface area contributed by atoms with Gasteiger partial charge in [0.05, 0.1) is 58.5 Å². The average Bonchev–Trinajstić information content (AvgIpc) is 3.66. The second-order valence-corrected chi connectivity index (χ2v) is 10.0. The molecule has 0 radical (unpaired) electrons. The van der Waals surface area contributed by atoms with Gasteiger partial charge in [0.15, 0.2) is 0 Å². The van der Waals surface area contributed by atoms with Crippen molar-refractivity contribution in [3.8, 4) is 11.3 Å². The number of pyridine rings is 1. The summed E-state index contributed by atoms with van der Waals surface area (Å²) in [6.45, 7) is 4.19. The number of likely N-dealkylation sites (N-methyl/N-ethyl adjacent to an activating group) is 1. The van der Waals surface area contributed by atoms with E-state index in [0.717, 1.165) is 24.6 Å². The molecule has 1 fully saturated rings. The highest BCUT2D eigenvalue weighted by atomic mass is 16.2. The van der Waals surface area contributed by atoms with Gasteiger partial charge in [0.1, 0.15) is 0 Å². The molecule has 1 aliphatic rings. The lowest BCUT2D eigenvalue weighted by atomic mass is 10.1. The van der Waals surface area contributed by atoms with Crippen molar-refractivity contribution in [2.24, 2.45) is 13.0 Å². The predicted octanol–water partition coefficient (Wildman–Crippen LogP) is 2.94. The normalized spacial score (nSPS) is 13.9. The molecule has 1 saturated carbocycles. The first-order valence-electron chi connectivity index (χ1n) is 12.9. The SMILES string of the molecule is Cc1ncc(C(=O)NCCN(C)CC2CCCC2)cc1NC(=O)c1cnn2cc(-c3cnn(C)c3)ncc12. The number of rotatable bonds is 9. The van der Waals surface area contributed by atoms with Gasteiger partial charge in [0.25, 0.3) is 11.8 Å². The molecule has 11 heteroatoms. The monoisotopic (exact) mass is 515 g/mol. The van der Waals surface area contributed by atoms with Crippen molar-refractivity contribution < 1.29 is 9.59 Å². The Labute approximate surface area is 221 Å². The van der Waals surface area contributed by atoms with Gasteiger partial charge in [0.2, 0.25) is 0 Å². The van der Waals surface area contributed by atoms with Gasteiger partial charge in [0, 0.05) is 44.6 Å². The molecule has 11 nitrogen and oxygen atoms in total. The first-order valence-corrected chi connectivity index (χ1v) is 12.9. The Hall–Kier alpha value is -4.12. The molecule has 0 saturated heterocycles. The molecule has 0 unspecified atom stereocenters. The van der Waals surface area contributed by atoms with Gasteiger partial charge in [-0.1, -0.05) is 12.8 Å². The Balaban J connectivity index is 1.22. The molecule has 0 aromatic carbocycles. The molecule has 2 N–H and O–H groups in total. The van der Waals surface area contributed by atoms with Gasteiger partial charge in [-0.25, -0.2) is 4.52 Å². The first-order chi connectivity index (χ1) is 18.4. The molecule has 5 rings (SSSR count). The Morgan fingerprint density at radius 2 is 1.87 bits per heavy atom. The maximum Gasteiger partial charge on any atom is 0.259 e. The third-order valence-corrected chi connectivity index (χ3v) is 7.07. The molecule has 0 bridgehead atoms.